The van der Waals surface area contributed by atoms with Crippen LogP contribution in [0.15, 0.2) is 0 Å². The van der Waals surface area contributed by atoms with E-state index in [0.717, 1.165) is 6.54 Å². The van der Waals surface area contributed by atoms with E-state index in [9.17, 15) is 4.79 Å². The molecule has 5 heteroatoms. The van der Waals surface area contributed by atoms with Gasteiger partial charge in [0.1, 0.15) is 5.54 Å². The zero-order valence-electron chi connectivity index (χ0n) is 7.57. The summed E-state index contributed by atoms with van der Waals surface area (Å²) in [5.41, 5.74) is 4.59. The average molecular weight is 188 g/mol. The lowest BCUT2D eigenvalue weighted by Crippen LogP contribution is -2.50. The lowest BCUT2D eigenvalue weighted by Gasteiger charge is -2.19. The Balaban J connectivity index is 2.39. The normalized spacial score (nSPS) is 29.4. The SMILES string of the molecule is NC1(C(=O)O)CCN(CCCO)C1. The number of aliphatic hydroxyl groups excluding tert-OH is 1. The highest BCUT2D eigenvalue weighted by Gasteiger charge is 2.40. The summed E-state index contributed by atoms with van der Waals surface area (Å²) in [6.45, 7) is 1.97. The molecule has 1 heterocycles. The Morgan fingerprint density at radius 2 is 2.31 bits per heavy atom. The van der Waals surface area contributed by atoms with Crippen LogP contribution in [-0.4, -0.2) is 52.9 Å². The van der Waals surface area contributed by atoms with Crippen LogP contribution in [0.25, 0.3) is 0 Å². The Morgan fingerprint density at radius 1 is 1.62 bits per heavy atom. The van der Waals surface area contributed by atoms with Crippen LogP contribution in [-0.2, 0) is 4.79 Å². The van der Waals surface area contributed by atoms with Crippen molar-refractivity contribution in [2.24, 2.45) is 5.73 Å². The Hall–Kier alpha value is -0.650. The van der Waals surface area contributed by atoms with Gasteiger partial charge in [-0.2, -0.15) is 0 Å². The molecule has 1 unspecified atom stereocenters. The van der Waals surface area contributed by atoms with Crippen LogP contribution in [0.4, 0.5) is 0 Å². The monoisotopic (exact) mass is 188 g/mol. The minimum Gasteiger partial charge on any atom is -0.480 e. The molecule has 0 aliphatic carbocycles. The molecule has 5 nitrogen and oxygen atoms in total. The second-order valence-electron chi connectivity index (χ2n) is 3.56. The molecule has 0 aromatic rings. The minimum absolute atomic E-state index is 0.140. The highest BCUT2D eigenvalue weighted by molar-refractivity contribution is 5.79. The van der Waals surface area contributed by atoms with Gasteiger partial charge in [0.15, 0.2) is 0 Å². The maximum Gasteiger partial charge on any atom is 0.325 e. The molecule has 1 fully saturated rings. The fraction of sp³-hybridized carbons (Fsp3) is 0.875. The molecule has 1 atom stereocenters. The van der Waals surface area contributed by atoms with Crippen LogP contribution in [0.3, 0.4) is 0 Å². The average Bonchev–Trinajstić information content (AvgIpc) is 2.45. The van der Waals surface area contributed by atoms with Gasteiger partial charge >= 0.3 is 5.97 Å². The van der Waals surface area contributed by atoms with E-state index in [2.05, 4.69) is 0 Å². The standard InChI is InChI=1S/C8H16N2O3/c9-8(7(12)13)2-4-10(6-8)3-1-5-11/h11H,1-6,9H2,(H,12,13). The molecular weight excluding hydrogens is 172 g/mol. The molecule has 0 amide bonds. The van der Waals surface area contributed by atoms with Crippen LogP contribution in [0.2, 0.25) is 0 Å². The van der Waals surface area contributed by atoms with E-state index in [1.54, 1.807) is 0 Å². The van der Waals surface area contributed by atoms with Gasteiger partial charge in [-0.25, -0.2) is 0 Å². The number of aliphatic hydroxyl groups is 1. The van der Waals surface area contributed by atoms with Gasteiger partial charge in [0.2, 0.25) is 0 Å². The second kappa shape index (κ2) is 4.04. The topological polar surface area (TPSA) is 86.8 Å². The fourth-order valence-electron chi connectivity index (χ4n) is 1.57. The van der Waals surface area contributed by atoms with E-state index in [1.165, 1.54) is 0 Å². The first-order valence-corrected chi connectivity index (χ1v) is 4.44. The molecule has 0 radical (unpaired) electrons. The second-order valence-corrected chi connectivity index (χ2v) is 3.56. The van der Waals surface area contributed by atoms with Crippen molar-refractivity contribution in [2.45, 2.75) is 18.4 Å². The first kappa shape index (κ1) is 10.4. The maximum absolute atomic E-state index is 10.7. The predicted octanol–water partition coefficient (Wildman–Crippen LogP) is -1.14. The zero-order chi connectivity index (χ0) is 9.90. The van der Waals surface area contributed by atoms with Crippen LogP contribution in [0, 0.1) is 0 Å². The van der Waals surface area contributed by atoms with Crippen molar-refractivity contribution in [3.63, 3.8) is 0 Å². The zero-order valence-corrected chi connectivity index (χ0v) is 7.57. The highest BCUT2D eigenvalue weighted by atomic mass is 16.4. The van der Waals surface area contributed by atoms with E-state index < -0.39 is 11.5 Å². The lowest BCUT2D eigenvalue weighted by molar-refractivity contribution is -0.142. The molecule has 1 rings (SSSR count). The summed E-state index contributed by atoms with van der Waals surface area (Å²) < 4.78 is 0. The van der Waals surface area contributed by atoms with Gasteiger partial charge < -0.3 is 20.8 Å². The lowest BCUT2D eigenvalue weighted by atomic mass is 10.0. The molecule has 1 aliphatic heterocycles. The third-order valence-corrected chi connectivity index (χ3v) is 2.44. The molecule has 0 saturated carbocycles. The molecule has 1 saturated heterocycles. The van der Waals surface area contributed by atoms with Gasteiger partial charge in [-0.3, -0.25) is 4.79 Å². The summed E-state index contributed by atoms with van der Waals surface area (Å²) in [7, 11) is 0. The number of carboxylic acid groups (broad SMARTS) is 1. The van der Waals surface area contributed by atoms with Crippen LogP contribution in [0.5, 0.6) is 0 Å². The number of aliphatic carboxylic acids is 1. The first-order chi connectivity index (χ1) is 6.08. The van der Waals surface area contributed by atoms with Crippen molar-refractivity contribution in [1.82, 2.24) is 4.90 Å². The summed E-state index contributed by atoms with van der Waals surface area (Å²) in [4.78, 5) is 12.7. The Bertz CT molecular complexity index is 198. The number of likely N-dealkylation sites (tertiary alicyclic amines) is 1. The van der Waals surface area contributed by atoms with Gasteiger partial charge in [0.05, 0.1) is 0 Å². The smallest absolute Gasteiger partial charge is 0.325 e. The summed E-state index contributed by atoms with van der Waals surface area (Å²) in [6, 6.07) is 0. The molecule has 0 spiro atoms. The molecular formula is C8H16N2O3. The largest absolute Gasteiger partial charge is 0.480 e. The van der Waals surface area contributed by atoms with Gasteiger partial charge in [-0.15, -0.1) is 0 Å². The molecule has 4 N–H and O–H groups in total. The Labute approximate surface area is 77.1 Å². The van der Waals surface area contributed by atoms with Crippen LogP contribution in [0.1, 0.15) is 12.8 Å². The van der Waals surface area contributed by atoms with Crippen molar-refractivity contribution >= 4 is 5.97 Å². The number of hydrogen-bond acceptors (Lipinski definition) is 4. The van der Waals surface area contributed by atoms with Crippen molar-refractivity contribution in [3.05, 3.63) is 0 Å². The van der Waals surface area contributed by atoms with Gasteiger partial charge in [-0.1, -0.05) is 0 Å². The number of hydrogen-bond donors (Lipinski definition) is 3. The van der Waals surface area contributed by atoms with Crippen LogP contribution >= 0.6 is 0 Å². The molecule has 0 aromatic carbocycles. The molecule has 0 bridgehead atoms. The van der Waals surface area contributed by atoms with Crippen molar-refractivity contribution < 1.29 is 15.0 Å². The molecule has 13 heavy (non-hydrogen) atoms. The number of nitrogens with two attached hydrogens (primary N) is 1. The quantitative estimate of drug-likeness (QED) is 0.519. The van der Waals surface area contributed by atoms with E-state index >= 15 is 0 Å². The van der Waals surface area contributed by atoms with E-state index in [0.29, 0.717) is 25.9 Å². The third-order valence-electron chi connectivity index (χ3n) is 2.44. The van der Waals surface area contributed by atoms with E-state index in [-0.39, 0.29) is 6.61 Å². The van der Waals surface area contributed by atoms with Crippen molar-refractivity contribution in [3.8, 4) is 0 Å². The number of rotatable bonds is 4. The van der Waals surface area contributed by atoms with Gasteiger partial charge in [0, 0.05) is 26.2 Å². The number of nitrogens with zero attached hydrogens (tertiary/aromatic N) is 1. The Kier molecular flexibility index (Phi) is 3.24. The third kappa shape index (κ3) is 2.40. The van der Waals surface area contributed by atoms with Crippen molar-refractivity contribution in [1.29, 1.82) is 0 Å². The number of carbonyl (C=O) groups is 1. The summed E-state index contributed by atoms with van der Waals surface area (Å²) in [6.07, 6.45) is 1.17. The molecule has 76 valence electrons. The van der Waals surface area contributed by atoms with Crippen LogP contribution < -0.4 is 5.73 Å². The summed E-state index contributed by atoms with van der Waals surface area (Å²) >= 11 is 0. The predicted molar refractivity (Wildman–Crippen MR) is 47.3 cm³/mol. The van der Waals surface area contributed by atoms with E-state index in [4.69, 9.17) is 15.9 Å². The highest BCUT2D eigenvalue weighted by Crippen LogP contribution is 2.18. The van der Waals surface area contributed by atoms with Crippen molar-refractivity contribution in [2.75, 3.05) is 26.2 Å². The van der Waals surface area contributed by atoms with E-state index in [1.807, 2.05) is 4.90 Å². The summed E-state index contributed by atoms with van der Waals surface area (Å²) in [5.74, 6) is -0.931. The maximum atomic E-state index is 10.7. The van der Waals surface area contributed by atoms with Gasteiger partial charge in [0.25, 0.3) is 0 Å². The molecule has 0 aromatic heterocycles. The fourth-order valence-corrected chi connectivity index (χ4v) is 1.57. The first-order valence-electron chi connectivity index (χ1n) is 4.44. The number of carboxylic acids is 1. The minimum atomic E-state index is -1.07. The van der Waals surface area contributed by atoms with Gasteiger partial charge in [-0.05, 0) is 12.8 Å². The summed E-state index contributed by atoms with van der Waals surface area (Å²) in [5, 5.41) is 17.4. The molecule has 1 aliphatic rings. The Morgan fingerprint density at radius 3 is 2.77 bits per heavy atom.